The summed E-state index contributed by atoms with van der Waals surface area (Å²) in [5.41, 5.74) is 3.20. The zero-order valence-electron chi connectivity index (χ0n) is 16.1. The second-order valence-electron chi connectivity index (χ2n) is 6.97. The maximum absolute atomic E-state index is 12.9. The number of pyridine rings is 1. The van der Waals surface area contributed by atoms with Crippen LogP contribution in [0.1, 0.15) is 22.3 Å². The minimum Gasteiger partial charge on any atom is -0.392 e. The molecule has 0 aliphatic carbocycles. The van der Waals surface area contributed by atoms with Crippen molar-refractivity contribution < 1.29 is 9.90 Å². The smallest absolute Gasteiger partial charge is 0.255 e. The van der Waals surface area contributed by atoms with Gasteiger partial charge < -0.3 is 14.9 Å². The molecule has 7 nitrogen and oxygen atoms in total. The molecule has 3 heterocycles. The van der Waals surface area contributed by atoms with Crippen LogP contribution in [0.15, 0.2) is 61.1 Å². The SMILES string of the molecule is O=C(c1ccc(-c2ccc(CO)cc2)nc1)N1CCCN(c2ncccn2)CC1. The number of hydrogen-bond acceptors (Lipinski definition) is 6. The fourth-order valence-electron chi connectivity index (χ4n) is 3.43. The standard InChI is InChI=1S/C22H23N5O2/c28-16-17-3-5-18(6-4-17)20-8-7-19(15-25-20)21(29)26-11-2-12-27(14-13-26)22-23-9-1-10-24-22/h1,3-10,15,28H,2,11-14,16H2. The van der Waals surface area contributed by atoms with Crippen molar-refractivity contribution in [3.8, 4) is 11.3 Å². The number of amides is 1. The van der Waals surface area contributed by atoms with Crippen LogP contribution in [0.4, 0.5) is 5.95 Å². The summed E-state index contributed by atoms with van der Waals surface area (Å²) in [7, 11) is 0. The van der Waals surface area contributed by atoms with Gasteiger partial charge in [-0.1, -0.05) is 24.3 Å². The van der Waals surface area contributed by atoms with E-state index in [2.05, 4.69) is 19.9 Å². The van der Waals surface area contributed by atoms with Crippen LogP contribution < -0.4 is 4.90 Å². The minimum atomic E-state index is -0.00416. The molecule has 1 saturated heterocycles. The molecule has 1 fully saturated rings. The third-order valence-electron chi connectivity index (χ3n) is 5.06. The van der Waals surface area contributed by atoms with E-state index < -0.39 is 0 Å². The van der Waals surface area contributed by atoms with Gasteiger partial charge >= 0.3 is 0 Å². The molecular weight excluding hydrogens is 366 g/mol. The molecule has 148 valence electrons. The number of carbonyl (C=O) groups excluding carboxylic acids is 1. The third-order valence-corrected chi connectivity index (χ3v) is 5.06. The fraction of sp³-hybridized carbons (Fsp3) is 0.273. The van der Waals surface area contributed by atoms with Crippen molar-refractivity contribution in [1.29, 1.82) is 0 Å². The van der Waals surface area contributed by atoms with E-state index in [-0.39, 0.29) is 12.5 Å². The quantitative estimate of drug-likeness (QED) is 0.738. The Morgan fingerprint density at radius 1 is 0.931 bits per heavy atom. The summed E-state index contributed by atoms with van der Waals surface area (Å²) in [4.78, 5) is 30.0. The lowest BCUT2D eigenvalue weighted by Crippen LogP contribution is -2.35. The first kappa shape index (κ1) is 19.0. The Morgan fingerprint density at radius 2 is 1.72 bits per heavy atom. The van der Waals surface area contributed by atoms with Crippen LogP contribution in [0.25, 0.3) is 11.3 Å². The Hall–Kier alpha value is -3.32. The van der Waals surface area contributed by atoms with E-state index in [4.69, 9.17) is 5.11 Å². The van der Waals surface area contributed by atoms with Gasteiger partial charge in [0.15, 0.2) is 0 Å². The van der Waals surface area contributed by atoms with Gasteiger partial charge in [0.25, 0.3) is 5.91 Å². The summed E-state index contributed by atoms with van der Waals surface area (Å²) >= 11 is 0. The van der Waals surface area contributed by atoms with Crippen molar-refractivity contribution in [3.63, 3.8) is 0 Å². The second-order valence-corrected chi connectivity index (χ2v) is 6.97. The van der Waals surface area contributed by atoms with E-state index in [0.717, 1.165) is 29.8 Å². The predicted octanol–water partition coefficient (Wildman–Crippen LogP) is 2.38. The van der Waals surface area contributed by atoms with Gasteiger partial charge in [-0.25, -0.2) is 9.97 Å². The van der Waals surface area contributed by atoms with Crippen molar-refractivity contribution in [1.82, 2.24) is 19.9 Å². The van der Waals surface area contributed by atoms with Gasteiger partial charge in [0, 0.05) is 50.3 Å². The number of hydrogen-bond donors (Lipinski definition) is 1. The van der Waals surface area contributed by atoms with Crippen molar-refractivity contribution in [3.05, 3.63) is 72.2 Å². The molecule has 0 saturated carbocycles. The summed E-state index contributed by atoms with van der Waals surface area (Å²) in [6.45, 7) is 2.88. The Balaban J connectivity index is 1.42. The molecule has 7 heteroatoms. The average Bonchev–Trinajstić information content (AvgIpc) is 3.06. The van der Waals surface area contributed by atoms with Gasteiger partial charge in [0.1, 0.15) is 0 Å². The first-order valence-electron chi connectivity index (χ1n) is 9.72. The highest BCUT2D eigenvalue weighted by atomic mass is 16.3. The number of anilines is 1. The second kappa shape index (κ2) is 8.79. The average molecular weight is 389 g/mol. The number of aliphatic hydroxyl groups is 1. The van der Waals surface area contributed by atoms with Crippen LogP contribution in [0.2, 0.25) is 0 Å². The summed E-state index contributed by atoms with van der Waals surface area (Å²) < 4.78 is 0. The van der Waals surface area contributed by atoms with Crippen LogP contribution in [0.3, 0.4) is 0 Å². The topological polar surface area (TPSA) is 82.5 Å². The molecule has 1 aliphatic rings. The van der Waals surface area contributed by atoms with Crippen LogP contribution in [0, 0.1) is 0 Å². The highest BCUT2D eigenvalue weighted by Crippen LogP contribution is 2.19. The maximum atomic E-state index is 12.9. The number of aromatic nitrogens is 3. The van der Waals surface area contributed by atoms with E-state index in [1.54, 1.807) is 24.7 Å². The molecular formula is C22H23N5O2. The van der Waals surface area contributed by atoms with Crippen LogP contribution in [-0.4, -0.2) is 57.0 Å². The minimum absolute atomic E-state index is 0.00416. The lowest BCUT2D eigenvalue weighted by atomic mass is 10.1. The maximum Gasteiger partial charge on any atom is 0.255 e. The Kier molecular flexibility index (Phi) is 5.76. The lowest BCUT2D eigenvalue weighted by molar-refractivity contribution is 0.0766. The molecule has 0 unspecified atom stereocenters. The monoisotopic (exact) mass is 389 g/mol. The van der Waals surface area contributed by atoms with Crippen molar-refractivity contribution >= 4 is 11.9 Å². The molecule has 0 bridgehead atoms. The zero-order chi connectivity index (χ0) is 20.1. The number of aliphatic hydroxyl groups excluding tert-OH is 1. The first-order valence-corrected chi connectivity index (χ1v) is 9.72. The molecule has 1 N–H and O–H groups in total. The molecule has 29 heavy (non-hydrogen) atoms. The molecule has 1 aliphatic heterocycles. The van der Waals surface area contributed by atoms with E-state index >= 15 is 0 Å². The highest BCUT2D eigenvalue weighted by Gasteiger charge is 2.21. The van der Waals surface area contributed by atoms with Gasteiger partial charge in [-0.05, 0) is 30.2 Å². The molecule has 0 spiro atoms. The van der Waals surface area contributed by atoms with Gasteiger partial charge in [-0.3, -0.25) is 9.78 Å². The largest absolute Gasteiger partial charge is 0.392 e. The summed E-state index contributed by atoms with van der Waals surface area (Å²) in [5, 5.41) is 9.15. The first-order chi connectivity index (χ1) is 14.2. The normalized spacial score (nSPS) is 14.5. The van der Waals surface area contributed by atoms with Crippen molar-refractivity contribution in [2.45, 2.75) is 13.0 Å². The van der Waals surface area contributed by atoms with Crippen LogP contribution >= 0.6 is 0 Å². The molecule has 2 aromatic heterocycles. The highest BCUT2D eigenvalue weighted by molar-refractivity contribution is 5.94. The van der Waals surface area contributed by atoms with E-state index in [9.17, 15) is 4.79 Å². The molecule has 3 aromatic rings. The van der Waals surface area contributed by atoms with E-state index in [1.807, 2.05) is 41.3 Å². The Bertz CT molecular complexity index is 945. The van der Waals surface area contributed by atoms with Crippen molar-refractivity contribution in [2.75, 3.05) is 31.1 Å². The Morgan fingerprint density at radius 3 is 2.41 bits per heavy atom. The molecule has 4 rings (SSSR count). The van der Waals surface area contributed by atoms with E-state index in [0.29, 0.717) is 31.1 Å². The number of benzene rings is 1. The van der Waals surface area contributed by atoms with Crippen molar-refractivity contribution in [2.24, 2.45) is 0 Å². The number of rotatable bonds is 4. The number of carbonyl (C=O) groups is 1. The predicted molar refractivity (Wildman–Crippen MR) is 110 cm³/mol. The van der Waals surface area contributed by atoms with Gasteiger partial charge in [0.05, 0.1) is 17.9 Å². The van der Waals surface area contributed by atoms with Crippen LogP contribution in [0.5, 0.6) is 0 Å². The third kappa shape index (κ3) is 4.41. The van der Waals surface area contributed by atoms with E-state index in [1.165, 1.54) is 0 Å². The van der Waals surface area contributed by atoms with Crippen LogP contribution in [-0.2, 0) is 6.61 Å². The Labute approximate surface area is 169 Å². The molecule has 1 aromatic carbocycles. The lowest BCUT2D eigenvalue weighted by Gasteiger charge is -2.22. The molecule has 0 radical (unpaired) electrons. The number of nitrogens with zero attached hydrogens (tertiary/aromatic N) is 5. The van der Waals surface area contributed by atoms with Gasteiger partial charge in [-0.2, -0.15) is 0 Å². The van der Waals surface area contributed by atoms with Gasteiger partial charge in [0.2, 0.25) is 5.95 Å². The molecule has 0 atom stereocenters. The summed E-state index contributed by atoms with van der Waals surface area (Å²) in [5.74, 6) is 0.704. The fourth-order valence-corrected chi connectivity index (χ4v) is 3.43. The molecule has 1 amide bonds. The zero-order valence-corrected chi connectivity index (χ0v) is 16.1. The van der Waals surface area contributed by atoms with Gasteiger partial charge in [-0.15, -0.1) is 0 Å². The summed E-state index contributed by atoms with van der Waals surface area (Å²) in [6.07, 6.45) is 5.98. The summed E-state index contributed by atoms with van der Waals surface area (Å²) in [6, 6.07) is 13.1.